The Balaban J connectivity index is 1.91. The average molecular weight is 282 g/mol. The SMILES string of the molecule is CC(CC1CC1)NC(C)c1ccccc1Br. The zero-order valence-corrected chi connectivity index (χ0v) is 11.6. The molecule has 1 aliphatic carbocycles. The fourth-order valence-corrected chi connectivity index (χ4v) is 2.89. The molecule has 0 amide bonds. The molecule has 1 nitrogen and oxygen atoms in total. The van der Waals surface area contributed by atoms with Crippen molar-refractivity contribution in [3.05, 3.63) is 34.3 Å². The number of halogens is 1. The molecule has 1 aromatic rings. The lowest BCUT2D eigenvalue weighted by atomic mass is 10.1. The van der Waals surface area contributed by atoms with Gasteiger partial charge in [0.25, 0.3) is 0 Å². The van der Waals surface area contributed by atoms with Crippen molar-refractivity contribution in [1.29, 1.82) is 0 Å². The molecule has 0 radical (unpaired) electrons. The molecule has 0 heterocycles. The summed E-state index contributed by atoms with van der Waals surface area (Å²) in [5.41, 5.74) is 1.35. The molecule has 2 rings (SSSR count). The number of rotatable bonds is 5. The topological polar surface area (TPSA) is 12.0 Å². The van der Waals surface area contributed by atoms with E-state index >= 15 is 0 Å². The number of hydrogen-bond donors (Lipinski definition) is 1. The second kappa shape index (κ2) is 5.33. The smallest absolute Gasteiger partial charge is 0.0305 e. The van der Waals surface area contributed by atoms with Crippen LogP contribution < -0.4 is 5.32 Å². The van der Waals surface area contributed by atoms with Crippen LogP contribution in [0.1, 0.15) is 44.7 Å². The van der Waals surface area contributed by atoms with Gasteiger partial charge in [0.2, 0.25) is 0 Å². The minimum absolute atomic E-state index is 0.421. The highest BCUT2D eigenvalue weighted by atomic mass is 79.9. The molecule has 1 N–H and O–H groups in total. The largest absolute Gasteiger partial charge is 0.308 e. The van der Waals surface area contributed by atoms with Crippen molar-refractivity contribution in [2.75, 3.05) is 0 Å². The van der Waals surface area contributed by atoms with Gasteiger partial charge in [0, 0.05) is 16.6 Å². The Morgan fingerprint density at radius 1 is 1.31 bits per heavy atom. The Bertz CT molecular complexity index is 346. The van der Waals surface area contributed by atoms with Gasteiger partial charge in [0.15, 0.2) is 0 Å². The first-order valence-corrected chi connectivity index (χ1v) is 6.96. The van der Waals surface area contributed by atoms with Gasteiger partial charge in [-0.25, -0.2) is 0 Å². The molecule has 88 valence electrons. The summed E-state index contributed by atoms with van der Waals surface area (Å²) in [6.07, 6.45) is 4.21. The summed E-state index contributed by atoms with van der Waals surface area (Å²) in [6.45, 7) is 4.54. The van der Waals surface area contributed by atoms with E-state index in [0.717, 1.165) is 5.92 Å². The van der Waals surface area contributed by atoms with Crippen LogP contribution in [-0.4, -0.2) is 6.04 Å². The van der Waals surface area contributed by atoms with Gasteiger partial charge >= 0.3 is 0 Å². The van der Waals surface area contributed by atoms with Gasteiger partial charge < -0.3 is 5.32 Å². The molecule has 0 saturated heterocycles. The van der Waals surface area contributed by atoms with Crippen LogP contribution in [0.5, 0.6) is 0 Å². The highest BCUT2D eigenvalue weighted by Gasteiger charge is 2.24. The second-order valence-electron chi connectivity index (χ2n) is 4.99. The Hall–Kier alpha value is -0.340. The zero-order valence-electron chi connectivity index (χ0n) is 10.0. The predicted octanol–water partition coefficient (Wildman–Crippen LogP) is 4.29. The summed E-state index contributed by atoms with van der Waals surface area (Å²) in [6, 6.07) is 9.50. The van der Waals surface area contributed by atoms with E-state index in [-0.39, 0.29) is 0 Å². The van der Waals surface area contributed by atoms with Gasteiger partial charge in [-0.1, -0.05) is 47.0 Å². The molecule has 1 aromatic carbocycles. The molecule has 1 fully saturated rings. The highest BCUT2D eigenvalue weighted by Crippen LogP contribution is 2.34. The van der Waals surface area contributed by atoms with Crippen LogP contribution in [0.4, 0.5) is 0 Å². The number of nitrogens with one attached hydrogen (secondary N) is 1. The van der Waals surface area contributed by atoms with Gasteiger partial charge in [-0.2, -0.15) is 0 Å². The van der Waals surface area contributed by atoms with Crippen molar-refractivity contribution < 1.29 is 0 Å². The molecule has 0 bridgehead atoms. The molecular weight excluding hydrogens is 262 g/mol. The summed E-state index contributed by atoms with van der Waals surface area (Å²) >= 11 is 3.61. The third-order valence-electron chi connectivity index (χ3n) is 3.29. The number of benzene rings is 1. The van der Waals surface area contributed by atoms with Crippen LogP contribution in [0.3, 0.4) is 0 Å². The molecule has 1 saturated carbocycles. The second-order valence-corrected chi connectivity index (χ2v) is 5.84. The molecule has 2 atom stereocenters. The fourth-order valence-electron chi connectivity index (χ4n) is 2.26. The summed E-state index contributed by atoms with van der Waals surface area (Å²) in [5, 5.41) is 3.68. The Labute approximate surface area is 107 Å². The third-order valence-corrected chi connectivity index (χ3v) is 4.01. The van der Waals surface area contributed by atoms with Crippen LogP contribution in [-0.2, 0) is 0 Å². The van der Waals surface area contributed by atoms with Crippen LogP contribution in [0.15, 0.2) is 28.7 Å². The monoisotopic (exact) mass is 281 g/mol. The standard InChI is InChI=1S/C14H20BrN/c1-10(9-12-7-8-12)16-11(2)13-5-3-4-6-14(13)15/h3-6,10-12,16H,7-9H2,1-2H3. The van der Waals surface area contributed by atoms with Gasteiger partial charge in [-0.15, -0.1) is 0 Å². The predicted molar refractivity (Wildman–Crippen MR) is 72.5 cm³/mol. The van der Waals surface area contributed by atoms with E-state index < -0.39 is 0 Å². The molecule has 2 unspecified atom stereocenters. The van der Waals surface area contributed by atoms with Crippen LogP contribution >= 0.6 is 15.9 Å². The van der Waals surface area contributed by atoms with Crippen molar-refractivity contribution >= 4 is 15.9 Å². The molecule has 0 spiro atoms. The summed E-state index contributed by atoms with van der Waals surface area (Å²) in [7, 11) is 0. The molecule has 16 heavy (non-hydrogen) atoms. The molecule has 1 aliphatic rings. The lowest BCUT2D eigenvalue weighted by Gasteiger charge is -2.21. The van der Waals surface area contributed by atoms with E-state index in [0.29, 0.717) is 12.1 Å². The lowest BCUT2D eigenvalue weighted by Crippen LogP contribution is -2.29. The third kappa shape index (κ3) is 3.33. The van der Waals surface area contributed by atoms with E-state index in [4.69, 9.17) is 0 Å². The van der Waals surface area contributed by atoms with E-state index in [2.05, 4.69) is 59.4 Å². The zero-order chi connectivity index (χ0) is 11.5. The Morgan fingerprint density at radius 3 is 2.62 bits per heavy atom. The fraction of sp³-hybridized carbons (Fsp3) is 0.571. The van der Waals surface area contributed by atoms with Gasteiger partial charge in [-0.3, -0.25) is 0 Å². The Morgan fingerprint density at radius 2 is 2.00 bits per heavy atom. The summed E-state index contributed by atoms with van der Waals surface area (Å²) in [5.74, 6) is 0.994. The average Bonchev–Trinajstić information content (AvgIpc) is 3.01. The van der Waals surface area contributed by atoms with Crippen molar-refractivity contribution in [2.24, 2.45) is 5.92 Å². The minimum Gasteiger partial charge on any atom is -0.308 e. The maximum absolute atomic E-state index is 3.68. The van der Waals surface area contributed by atoms with Crippen molar-refractivity contribution in [2.45, 2.75) is 45.2 Å². The molecule has 2 heteroatoms. The first-order chi connectivity index (χ1) is 7.66. The van der Waals surface area contributed by atoms with Crippen LogP contribution in [0, 0.1) is 5.92 Å². The van der Waals surface area contributed by atoms with E-state index in [1.54, 1.807) is 0 Å². The minimum atomic E-state index is 0.421. The Kier molecular flexibility index (Phi) is 4.04. The van der Waals surface area contributed by atoms with Crippen molar-refractivity contribution in [3.8, 4) is 0 Å². The van der Waals surface area contributed by atoms with E-state index in [1.807, 2.05) is 0 Å². The molecule has 0 aromatic heterocycles. The van der Waals surface area contributed by atoms with Gasteiger partial charge in [0.05, 0.1) is 0 Å². The number of hydrogen-bond acceptors (Lipinski definition) is 1. The van der Waals surface area contributed by atoms with Gasteiger partial charge in [-0.05, 0) is 37.8 Å². The van der Waals surface area contributed by atoms with Crippen molar-refractivity contribution in [3.63, 3.8) is 0 Å². The highest BCUT2D eigenvalue weighted by molar-refractivity contribution is 9.10. The van der Waals surface area contributed by atoms with Crippen molar-refractivity contribution in [1.82, 2.24) is 5.32 Å². The lowest BCUT2D eigenvalue weighted by molar-refractivity contribution is 0.438. The maximum atomic E-state index is 3.68. The molecular formula is C14H20BrN. The quantitative estimate of drug-likeness (QED) is 0.849. The van der Waals surface area contributed by atoms with Gasteiger partial charge in [0.1, 0.15) is 0 Å². The molecule has 0 aliphatic heterocycles. The van der Waals surface area contributed by atoms with Crippen LogP contribution in [0.2, 0.25) is 0 Å². The first kappa shape index (κ1) is 12.1. The maximum Gasteiger partial charge on any atom is 0.0305 e. The first-order valence-electron chi connectivity index (χ1n) is 6.17. The summed E-state index contributed by atoms with van der Waals surface area (Å²) in [4.78, 5) is 0. The van der Waals surface area contributed by atoms with Crippen LogP contribution in [0.25, 0.3) is 0 Å². The van der Waals surface area contributed by atoms with E-state index in [9.17, 15) is 0 Å². The summed E-state index contributed by atoms with van der Waals surface area (Å²) < 4.78 is 1.20. The normalized spacial score (nSPS) is 19.4. The van der Waals surface area contributed by atoms with E-state index in [1.165, 1.54) is 29.3 Å².